The Morgan fingerprint density at radius 3 is 3.00 bits per heavy atom. The number of nitrogens with zero attached hydrogens (tertiary/aromatic N) is 2. The molecular weight excluding hydrogens is 275 g/mol. The summed E-state index contributed by atoms with van der Waals surface area (Å²) in [5.74, 6) is 5.14. The fraction of sp³-hybridized carbons (Fsp3) is 0.267. The standard InChI is InChI=1S/C15H11FN2OS/c16-14-9-20-15(18-14)7-5-11-4-6-12-10(8-19)2-1-3-13(12)17-11/h4,6,8-10H,1-3H2. The van der Waals surface area contributed by atoms with E-state index in [1.807, 2.05) is 6.07 Å². The normalized spacial score (nSPS) is 16.9. The highest BCUT2D eigenvalue weighted by Gasteiger charge is 2.20. The molecule has 1 aliphatic carbocycles. The molecule has 2 heterocycles. The number of carbonyl (C=O) groups excluding carboxylic acids is 1. The fourth-order valence-corrected chi connectivity index (χ4v) is 2.85. The second-order valence-electron chi connectivity index (χ2n) is 4.59. The number of fused-ring (bicyclic) bond motifs is 1. The number of aldehydes is 1. The van der Waals surface area contributed by atoms with Crippen molar-refractivity contribution in [3.63, 3.8) is 0 Å². The van der Waals surface area contributed by atoms with Gasteiger partial charge in [0.25, 0.3) is 0 Å². The molecule has 0 spiro atoms. The van der Waals surface area contributed by atoms with Crippen molar-refractivity contribution < 1.29 is 9.18 Å². The van der Waals surface area contributed by atoms with Gasteiger partial charge in [0.05, 0.1) is 0 Å². The second kappa shape index (κ2) is 5.51. The highest BCUT2D eigenvalue weighted by atomic mass is 32.1. The number of pyridine rings is 1. The van der Waals surface area contributed by atoms with Crippen LogP contribution in [0.3, 0.4) is 0 Å². The largest absolute Gasteiger partial charge is 0.303 e. The third-order valence-electron chi connectivity index (χ3n) is 3.28. The Kier molecular flexibility index (Phi) is 3.57. The first kappa shape index (κ1) is 12.9. The Balaban J connectivity index is 1.89. The van der Waals surface area contributed by atoms with E-state index < -0.39 is 5.95 Å². The Bertz CT molecular complexity index is 714. The number of carbonyl (C=O) groups is 1. The zero-order valence-corrected chi connectivity index (χ0v) is 11.4. The molecule has 0 saturated heterocycles. The molecule has 100 valence electrons. The molecule has 20 heavy (non-hydrogen) atoms. The number of aryl methyl sites for hydroxylation is 1. The third-order valence-corrected chi connectivity index (χ3v) is 4.00. The summed E-state index contributed by atoms with van der Waals surface area (Å²) >= 11 is 1.17. The summed E-state index contributed by atoms with van der Waals surface area (Å²) in [7, 11) is 0. The van der Waals surface area contributed by atoms with Gasteiger partial charge in [-0.3, -0.25) is 0 Å². The van der Waals surface area contributed by atoms with Gasteiger partial charge in [0.1, 0.15) is 12.0 Å². The summed E-state index contributed by atoms with van der Waals surface area (Å²) in [4.78, 5) is 19.1. The molecule has 0 saturated carbocycles. The van der Waals surface area contributed by atoms with E-state index in [1.54, 1.807) is 6.07 Å². The van der Waals surface area contributed by atoms with Crippen molar-refractivity contribution >= 4 is 17.6 Å². The minimum Gasteiger partial charge on any atom is -0.303 e. The van der Waals surface area contributed by atoms with Crippen molar-refractivity contribution in [2.45, 2.75) is 25.2 Å². The van der Waals surface area contributed by atoms with Crippen molar-refractivity contribution in [3.8, 4) is 11.8 Å². The Morgan fingerprint density at radius 2 is 2.25 bits per heavy atom. The van der Waals surface area contributed by atoms with Crippen LogP contribution in [0.2, 0.25) is 0 Å². The monoisotopic (exact) mass is 286 g/mol. The van der Waals surface area contributed by atoms with Crippen molar-refractivity contribution in [2.24, 2.45) is 0 Å². The lowest BCUT2D eigenvalue weighted by Crippen LogP contribution is -2.12. The van der Waals surface area contributed by atoms with Crippen molar-refractivity contribution in [3.05, 3.63) is 45.4 Å². The molecule has 0 aromatic carbocycles. The van der Waals surface area contributed by atoms with Gasteiger partial charge in [0.15, 0.2) is 5.01 Å². The van der Waals surface area contributed by atoms with Crippen molar-refractivity contribution in [2.75, 3.05) is 0 Å². The smallest absolute Gasteiger partial charge is 0.224 e. The zero-order valence-electron chi connectivity index (χ0n) is 10.6. The fourth-order valence-electron chi connectivity index (χ4n) is 2.33. The molecule has 1 aliphatic rings. The van der Waals surface area contributed by atoms with Crippen LogP contribution in [0, 0.1) is 17.8 Å². The third kappa shape index (κ3) is 2.61. The van der Waals surface area contributed by atoms with E-state index in [0.29, 0.717) is 10.7 Å². The van der Waals surface area contributed by atoms with E-state index in [2.05, 4.69) is 21.8 Å². The van der Waals surface area contributed by atoms with Gasteiger partial charge in [-0.1, -0.05) is 6.07 Å². The molecule has 0 fully saturated rings. The molecule has 3 rings (SSSR count). The number of hydrogen-bond acceptors (Lipinski definition) is 4. The van der Waals surface area contributed by atoms with Crippen LogP contribution in [-0.2, 0) is 11.2 Å². The maximum atomic E-state index is 12.7. The molecule has 0 aliphatic heterocycles. The summed E-state index contributed by atoms with van der Waals surface area (Å²) in [5.41, 5.74) is 2.59. The number of thiazole rings is 1. The summed E-state index contributed by atoms with van der Waals surface area (Å²) in [6, 6.07) is 3.73. The van der Waals surface area contributed by atoms with Gasteiger partial charge < -0.3 is 4.79 Å². The quantitative estimate of drug-likeness (QED) is 0.598. The lowest BCUT2D eigenvalue weighted by atomic mass is 9.86. The van der Waals surface area contributed by atoms with Gasteiger partial charge in [-0.15, -0.1) is 11.3 Å². The summed E-state index contributed by atoms with van der Waals surface area (Å²) in [6.07, 6.45) is 3.73. The van der Waals surface area contributed by atoms with E-state index in [4.69, 9.17) is 0 Å². The van der Waals surface area contributed by atoms with Gasteiger partial charge >= 0.3 is 0 Å². The van der Waals surface area contributed by atoms with E-state index >= 15 is 0 Å². The number of hydrogen-bond donors (Lipinski definition) is 0. The maximum absolute atomic E-state index is 12.7. The molecule has 1 atom stereocenters. The average Bonchev–Trinajstić information content (AvgIpc) is 2.89. The molecule has 3 nitrogen and oxygen atoms in total. The van der Waals surface area contributed by atoms with Crippen LogP contribution >= 0.6 is 11.3 Å². The molecule has 0 N–H and O–H groups in total. The second-order valence-corrected chi connectivity index (χ2v) is 5.45. The van der Waals surface area contributed by atoms with Crippen LogP contribution in [0.25, 0.3) is 0 Å². The minimum atomic E-state index is -0.508. The number of halogens is 1. The van der Waals surface area contributed by atoms with Crippen LogP contribution in [0.1, 0.15) is 40.7 Å². The average molecular weight is 286 g/mol. The van der Waals surface area contributed by atoms with E-state index in [1.165, 1.54) is 16.7 Å². The van der Waals surface area contributed by atoms with Gasteiger partial charge in [-0.2, -0.15) is 9.37 Å². The van der Waals surface area contributed by atoms with Crippen molar-refractivity contribution in [1.29, 1.82) is 0 Å². The molecule has 2 aromatic heterocycles. The molecule has 1 unspecified atom stereocenters. The van der Waals surface area contributed by atoms with Gasteiger partial charge in [-0.05, 0) is 42.7 Å². The first-order valence-corrected chi connectivity index (χ1v) is 7.22. The SMILES string of the molecule is O=CC1CCCc2nc(C#Cc3nc(F)cs3)ccc21. The van der Waals surface area contributed by atoms with Crippen LogP contribution in [-0.4, -0.2) is 16.3 Å². The van der Waals surface area contributed by atoms with Crippen LogP contribution in [0.15, 0.2) is 17.5 Å². The summed E-state index contributed by atoms with van der Waals surface area (Å²) < 4.78 is 12.7. The predicted molar refractivity (Wildman–Crippen MR) is 74.0 cm³/mol. The lowest BCUT2D eigenvalue weighted by Gasteiger charge is -2.20. The zero-order chi connectivity index (χ0) is 13.9. The first-order valence-electron chi connectivity index (χ1n) is 6.34. The number of aromatic nitrogens is 2. The van der Waals surface area contributed by atoms with E-state index in [9.17, 15) is 9.18 Å². The van der Waals surface area contributed by atoms with Crippen LogP contribution in [0.4, 0.5) is 4.39 Å². The number of rotatable bonds is 1. The minimum absolute atomic E-state index is 0.0404. The highest BCUT2D eigenvalue weighted by molar-refractivity contribution is 7.10. The Hall–Kier alpha value is -2.06. The first-order chi connectivity index (χ1) is 9.76. The molecule has 2 aromatic rings. The van der Waals surface area contributed by atoms with E-state index in [0.717, 1.165) is 36.8 Å². The Morgan fingerprint density at radius 1 is 1.35 bits per heavy atom. The van der Waals surface area contributed by atoms with Gasteiger partial charge in [-0.25, -0.2) is 4.98 Å². The Labute approximate surface area is 119 Å². The summed E-state index contributed by atoms with van der Waals surface area (Å²) in [6.45, 7) is 0. The maximum Gasteiger partial charge on any atom is 0.224 e. The van der Waals surface area contributed by atoms with Crippen LogP contribution in [0.5, 0.6) is 0 Å². The van der Waals surface area contributed by atoms with Gasteiger partial charge in [0.2, 0.25) is 5.95 Å². The predicted octanol–water partition coefficient (Wildman–Crippen LogP) is 2.70. The topological polar surface area (TPSA) is 42.9 Å². The van der Waals surface area contributed by atoms with Gasteiger partial charge in [0, 0.05) is 17.0 Å². The highest BCUT2D eigenvalue weighted by Crippen LogP contribution is 2.28. The molecule has 0 amide bonds. The molecular formula is C15H11FN2OS. The van der Waals surface area contributed by atoms with Crippen molar-refractivity contribution in [1.82, 2.24) is 9.97 Å². The lowest BCUT2D eigenvalue weighted by molar-refractivity contribution is -0.109. The van der Waals surface area contributed by atoms with Crippen LogP contribution < -0.4 is 0 Å². The molecule has 5 heteroatoms. The summed E-state index contributed by atoms with van der Waals surface area (Å²) in [5, 5.41) is 1.76. The molecule has 0 radical (unpaired) electrons. The molecule has 0 bridgehead atoms. The van der Waals surface area contributed by atoms with E-state index in [-0.39, 0.29) is 5.92 Å².